The van der Waals surface area contributed by atoms with Crippen molar-refractivity contribution in [3.63, 3.8) is 0 Å². The second-order valence-electron chi connectivity index (χ2n) is 19.9. The zero-order valence-electron chi connectivity index (χ0n) is 46.7. The SMILES string of the molecule is CC/C=C\C/C=C\C/C=C\C/C=C\CCCCC(=O)OC(COC(=O)CCCCCCCCCC/C=C\C/C=C\C/C=C\CCCCCCC)COC(=O)CCCCCCCCCCCCCCCCC. The third kappa shape index (κ3) is 57.4. The molecule has 0 aliphatic rings. The zero-order chi connectivity index (χ0) is 51.4. The Morgan fingerprint density at radius 1 is 0.296 bits per heavy atom. The fraction of sp³-hybridized carbons (Fsp3) is 0.738. The van der Waals surface area contributed by atoms with Crippen LogP contribution in [0.1, 0.15) is 290 Å². The Kier molecular flexibility index (Phi) is 56.3. The molecule has 0 fully saturated rings. The van der Waals surface area contributed by atoms with Gasteiger partial charge in [-0.3, -0.25) is 14.4 Å². The molecule has 0 aliphatic carbocycles. The van der Waals surface area contributed by atoms with Crippen LogP contribution in [0, 0.1) is 0 Å². The van der Waals surface area contributed by atoms with Crippen LogP contribution in [-0.4, -0.2) is 37.2 Å². The maximum absolute atomic E-state index is 12.8. The number of rotatable bonds is 54. The van der Waals surface area contributed by atoms with Crippen LogP contribution in [0.25, 0.3) is 0 Å². The molecule has 6 heteroatoms. The fourth-order valence-corrected chi connectivity index (χ4v) is 8.38. The van der Waals surface area contributed by atoms with Crippen LogP contribution in [0.2, 0.25) is 0 Å². The topological polar surface area (TPSA) is 78.9 Å². The van der Waals surface area contributed by atoms with Crippen molar-refractivity contribution in [1.29, 1.82) is 0 Å². The molecule has 0 bridgehead atoms. The Labute approximate surface area is 439 Å². The molecule has 0 N–H and O–H groups in total. The van der Waals surface area contributed by atoms with Gasteiger partial charge in [0.05, 0.1) is 0 Å². The van der Waals surface area contributed by atoms with Crippen molar-refractivity contribution in [2.45, 2.75) is 297 Å². The largest absolute Gasteiger partial charge is 0.462 e. The number of hydrogen-bond donors (Lipinski definition) is 0. The maximum Gasteiger partial charge on any atom is 0.306 e. The molecule has 0 saturated carbocycles. The van der Waals surface area contributed by atoms with Crippen molar-refractivity contribution in [1.82, 2.24) is 0 Å². The normalized spacial score (nSPS) is 12.7. The highest BCUT2D eigenvalue weighted by molar-refractivity contribution is 5.71. The summed E-state index contributed by atoms with van der Waals surface area (Å²) in [6, 6.07) is 0. The first kappa shape index (κ1) is 67.6. The second kappa shape index (κ2) is 59.2. The number of carbonyl (C=O) groups excluding carboxylic acids is 3. The van der Waals surface area contributed by atoms with E-state index < -0.39 is 6.10 Å². The molecule has 71 heavy (non-hydrogen) atoms. The van der Waals surface area contributed by atoms with Gasteiger partial charge in [-0.1, -0.05) is 260 Å². The van der Waals surface area contributed by atoms with Crippen molar-refractivity contribution in [3.8, 4) is 0 Å². The first-order valence-electron chi connectivity index (χ1n) is 30.1. The summed E-state index contributed by atoms with van der Waals surface area (Å²) in [5.74, 6) is -0.934. The number of hydrogen-bond acceptors (Lipinski definition) is 6. The van der Waals surface area contributed by atoms with Crippen LogP contribution in [0.4, 0.5) is 0 Å². The number of unbranched alkanes of at least 4 members (excludes halogenated alkanes) is 29. The van der Waals surface area contributed by atoms with Gasteiger partial charge in [0.1, 0.15) is 13.2 Å². The van der Waals surface area contributed by atoms with E-state index in [9.17, 15) is 14.4 Å². The van der Waals surface area contributed by atoms with Crippen LogP contribution in [0.15, 0.2) is 85.1 Å². The van der Waals surface area contributed by atoms with Crippen LogP contribution in [0.3, 0.4) is 0 Å². The Hall–Kier alpha value is -3.41. The molecule has 1 atom stereocenters. The van der Waals surface area contributed by atoms with Crippen molar-refractivity contribution in [2.24, 2.45) is 0 Å². The van der Waals surface area contributed by atoms with E-state index in [4.69, 9.17) is 14.2 Å². The molecule has 0 heterocycles. The summed E-state index contributed by atoms with van der Waals surface area (Å²) >= 11 is 0. The van der Waals surface area contributed by atoms with E-state index in [2.05, 4.69) is 106 Å². The standard InChI is InChI=1S/C65H112O6/c1-4-7-10-13-16-19-22-25-28-29-30-31-32-33-34-35-38-40-43-46-49-52-55-58-64(67)70-61-62(71-65(68)59-56-53-50-47-44-41-37-27-24-21-18-15-12-9-6-3)60-69-63(66)57-54-51-48-45-42-39-36-26-23-20-17-14-11-8-5-2/h9,12,18,21-22,25,27,29-30,32-33,37,44,47,62H,4-8,10-11,13-17,19-20,23-24,26,28,31,34-36,38-43,45-46,48-61H2,1-3H3/b12-9-,21-18-,25-22-,30-29-,33-32-,37-27-,47-44-. The van der Waals surface area contributed by atoms with E-state index in [-0.39, 0.29) is 37.5 Å². The molecule has 0 aromatic heterocycles. The molecule has 0 aromatic carbocycles. The minimum absolute atomic E-state index is 0.0936. The summed E-state index contributed by atoms with van der Waals surface area (Å²) in [5.41, 5.74) is 0. The molecule has 0 saturated heterocycles. The third-order valence-electron chi connectivity index (χ3n) is 12.9. The predicted octanol–water partition coefficient (Wildman–Crippen LogP) is 20.3. The van der Waals surface area contributed by atoms with Gasteiger partial charge in [-0.2, -0.15) is 0 Å². The molecule has 0 amide bonds. The predicted molar refractivity (Wildman–Crippen MR) is 307 cm³/mol. The Bertz CT molecular complexity index is 1370. The summed E-state index contributed by atoms with van der Waals surface area (Å²) in [6.45, 7) is 6.50. The second-order valence-corrected chi connectivity index (χ2v) is 19.9. The molecule has 0 aliphatic heterocycles. The lowest BCUT2D eigenvalue weighted by atomic mass is 10.0. The van der Waals surface area contributed by atoms with Gasteiger partial charge in [0.15, 0.2) is 6.10 Å². The minimum Gasteiger partial charge on any atom is -0.462 e. The minimum atomic E-state index is -0.801. The highest BCUT2D eigenvalue weighted by Crippen LogP contribution is 2.16. The van der Waals surface area contributed by atoms with Crippen LogP contribution >= 0.6 is 0 Å². The Morgan fingerprint density at radius 2 is 0.549 bits per heavy atom. The number of ether oxygens (including phenoxy) is 3. The summed E-state index contributed by atoms with van der Waals surface area (Å²) in [5, 5.41) is 0. The summed E-state index contributed by atoms with van der Waals surface area (Å²) in [4.78, 5) is 38.2. The van der Waals surface area contributed by atoms with Crippen molar-refractivity contribution in [3.05, 3.63) is 85.1 Å². The summed E-state index contributed by atoms with van der Waals surface area (Å²) < 4.78 is 16.9. The van der Waals surface area contributed by atoms with Gasteiger partial charge < -0.3 is 14.2 Å². The van der Waals surface area contributed by atoms with Gasteiger partial charge in [0, 0.05) is 19.3 Å². The van der Waals surface area contributed by atoms with Gasteiger partial charge in [0.25, 0.3) is 0 Å². The van der Waals surface area contributed by atoms with E-state index in [0.29, 0.717) is 19.3 Å². The lowest BCUT2D eigenvalue weighted by Crippen LogP contribution is -2.30. The van der Waals surface area contributed by atoms with Crippen molar-refractivity contribution >= 4 is 17.9 Å². The van der Waals surface area contributed by atoms with Crippen LogP contribution in [0.5, 0.6) is 0 Å². The fourth-order valence-electron chi connectivity index (χ4n) is 8.38. The first-order chi connectivity index (χ1) is 35.0. The average Bonchev–Trinajstić information content (AvgIpc) is 3.37. The number of esters is 3. The third-order valence-corrected chi connectivity index (χ3v) is 12.9. The van der Waals surface area contributed by atoms with Gasteiger partial charge in [-0.15, -0.1) is 0 Å². The number of carbonyl (C=O) groups is 3. The van der Waals surface area contributed by atoms with E-state index in [1.165, 1.54) is 148 Å². The van der Waals surface area contributed by atoms with Gasteiger partial charge >= 0.3 is 17.9 Å². The van der Waals surface area contributed by atoms with E-state index in [1.807, 2.05) is 0 Å². The molecule has 0 aromatic rings. The Balaban J connectivity index is 4.39. The molecule has 0 spiro atoms. The Morgan fingerprint density at radius 3 is 0.887 bits per heavy atom. The zero-order valence-corrected chi connectivity index (χ0v) is 46.7. The van der Waals surface area contributed by atoms with Crippen molar-refractivity contribution < 1.29 is 28.6 Å². The highest BCUT2D eigenvalue weighted by atomic mass is 16.6. The molecular weight excluding hydrogens is 877 g/mol. The van der Waals surface area contributed by atoms with E-state index in [0.717, 1.165) is 96.3 Å². The molecular formula is C65H112O6. The lowest BCUT2D eigenvalue weighted by molar-refractivity contribution is -0.167. The van der Waals surface area contributed by atoms with Gasteiger partial charge in [0.2, 0.25) is 0 Å². The van der Waals surface area contributed by atoms with Crippen LogP contribution in [-0.2, 0) is 28.6 Å². The maximum atomic E-state index is 12.8. The highest BCUT2D eigenvalue weighted by Gasteiger charge is 2.19. The smallest absolute Gasteiger partial charge is 0.306 e. The monoisotopic (exact) mass is 989 g/mol. The lowest BCUT2D eigenvalue weighted by Gasteiger charge is -2.18. The summed E-state index contributed by atoms with van der Waals surface area (Å²) in [7, 11) is 0. The van der Waals surface area contributed by atoms with Gasteiger partial charge in [-0.25, -0.2) is 0 Å². The average molecular weight is 990 g/mol. The van der Waals surface area contributed by atoms with Crippen LogP contribution < -0.4 is 0 Å². The number of allylic oxidation sites excluding steroid dienone is 14. The van der Waals surface area contributed by atoms with Gasteiger partial charge in [-0.05, 0) is 96.3 Å². The van der Waals surface area contributed by atoms with E-state index >= 15 is 0 Å². The first-order valence-corrected chi connectivity index (χ1v) is 30.1. The molecule has 1 unspecified atom stereocenters. The molecule has 0 rings (SSSR count). The molecule has 408 valence electrons. The summed E-state index contributed by atoms with van der Waals surface area (Å²) in [6.07, 6.45) is 77.2. The molecule has 6 nitrogen and oxygen atoms in total. The van der Waals surface area contributed by atoms with E-state index in [1.54, 1.807) is 0 Å². The van der Waals surface area contributed by atoms with Crippen molar-refractivity contribution in [2.75, 3.05) is 13.2 Å². The quantitative estimate of drug-likeness (QED) is 0.0261. The molecule has 0 radical (unpaired) electrons.